The second kappa shape index (κ2) is 10.2. The number of hydrogen-bond donors (Lipinski definition) is 3. The van der Waals surface area contributed by atoms with E-state index >= 15 is 0 Å². The van der Waals surface area contributed by atoms with Crippen molar-refractivity contribution in [1.82, 2.24) is 10.2 Å². The predicted molar refractivity (Wildman–Crippen MR) is 114 cm³/mol. The Morgan fingerprint density at radius 3 is 2.74 bits per heavy atom. The number of carbonyl (C=O) groups is 3. The van der Waals surface area contributed by atoms with E-state index in [1.54, 1.807) is 6.07 Å². The molecule has 1 aliphatic heterocycles. The lowest BCUT2D eigenvalue weighted by Crippen LogP contribution is -2.42. The third-order valence-corrected chi connectivity index (χ3v) is 5.28. The van der Waals surface area contributed by atoms with Gasteiger partial charge in [-0.2, -0.15) is 0 Å². The molecule has 0 bridgehead atoms. The highest BCUT2D eigenvalue weighted by molar-refractivity contribution is 6.00. The largest absolute Gasteiger partial charge is 0.459 e. The highest BCUT2D eigenvalue weighted by Crippen LogP contribution is 2.21. The first-order valence-corrected chi connectivity index (χ1v) is 10.3. The number of furan rings is 1. The van der Waals surface area contributed by atoms with Gasteiger partial charge in [0.25, 0.3) is 5.91 Å². The first-order valence-electron chi connectivity index (χ1n) is 10.3. The van der Waals surface area contributed by atoms with Crippen LogP contribution in [0.1, 0.15) is 43.7 Å². The summed E-state index contributed by atoms with van der Waals surface area (Å²) in [5.74, 6) is -1.94. The van der Waals surface area contributed by atoms with E-state index in [-0.39, 0.29) is 23.9 Å². The van der Waals surface area contributed by atoms with E-state index < -0.39 is 23.7 Å². The number of nitrogens with zero attached hydrogens (tertiary/aromatic N) is 1. The summed E-state index contributed by atoms with van der Waals surface area (Å²) in [5, 5.41) is 7.67. The molecule has 1 aromatic heterocycles. The van der Waals surface area contributed by atoms with Gasteiger partial charge in [-0.3, -0.25) is 19.3 Å². The van der Waals surface area contributed by atoms with E-state index in [0.717, 1.165) is 19.4 Å². The molecular formula is C22H27FN4O4. The molecule has 31 heavy (non-hydrogen) atoms. The van der Waals surface area contributed by atoms with Crippen molar-refractivity contribution in [2.45, 2.75) is 45.2 Å². The predicted octanol–water partition coefficient (Wildman–Crippen LogP) is 2.99. The average molecular weight is 430 g/mol. The zero-order valence-electron chi connectivity index (χ0n) is 17.6. The van der Waals surface area contributed by atoms with Crippen molar-refractivity contribution >= 4 is 29.1 Å². The van der Waals surface area contributed by atoms with Crippen LogP contribution in [-0.4, -0.2) is 47.8 Å². The molecule has 8 nitrogen and oxygen atoms in total. The van der Waals surface area contributed by atoms with Crippen molar-refractivity contribution in [3.63, 3.8) is 0 Å². The summed E-state index contributed by atoms with van der Waals surface area (Å²) in [7, 11) is 0. The summed E-state index contributed by atoms with van der Waals surface area (Å²) in [6.07, 6.45) is 4.65. The van der Waals surface area contributed by atoms with Crippen LogP contribution in [0.4, 0.5) is 15.8 Å². The molecule has 1 fully saturated rings. The average Bonchev–Trinajstić information content (AvgIpc) is 3.27. The van der Waals surface area contributed by atoms with Crippen LogP contribution in [-0.2, 0) is 9.59 Å². The second-order valence-corrected chi connectivity index (χ2v) is 7.72. The lowest BCUT2D eigenvalue weighted by molar-refractivity contribution is -0.118. The fourth-order valence-corrected chi connectivity index (χ4v) is 3.46. The van der Waals surface area contributed by atoms with Crippen molar-refractivity contribution in [2.24, 2.45) is 0 Å². The van der Waals surface area contributed by atoms with Gasteiger partial charge in [-0.25, -0.2) is 4.39 Å². The number of amides is 3. The molecule has 1 saturated heterocycles. The minimum absolute atomic E-state index is 0.0681. The molecule has 0 aliphatic carbocycles. The Bertz CT molecular complexity index is 932. The summed E-state index contributed by atoms with van der Waals surface area (Å²) >= 11 is 0. The number of piperidine rings is 1. The van der Waals surface area contributed by atoms with Gasteiger partial charge in [0.05, 0.1) is 18.5 Å². The van der Waals surface area contributed by atoms with Crippen molar-refractivity contribution in [3.8, 4) is 0 Å². The van der Waals surface area contributed by atoms with Crippen LogP contribution in [0.25, 0.3) is 0 Å². The summed E-state index contributed by atoms with van der Waals surface area (Å²) in [4.78, 5) is 38.9. The summed E-state index contributed by atoms with van der Waals surface area (Å²) in [6.45, 7) is 4.71. The minimum Gasteiger partial charge on any atom is -0.459 e. The van der Waals surface area contributed by atoms with Crippen molar-refractivity contribution < 1.29 is 23.2 Å². The molecule has 2 heterocycles. The highest BCUT2D eigenvalue weighted by Gasteiger charge is 2.22. The Morgan fingerprint density at radius 1 is 1.23 bits per heavy atom. The van der Waals surface area contributed by atoms with Gasteiger partial charge in [0.2, 0.25) is 11.8 Å². The second-order valence-electron chi connectivity index (χ2n) is 7.72. The van der Waals surface area contributed by atoms with Crippen LogP contribution in [0.2, 0.25) is 0 Å². The topological polar surface area (TPSA) is 104 Å². The molecule has 1 unspecified atom stereocenters. The smallest absolute Gasteiger partial charge is 0.287 e. The van der Waals surface area contributed by atoms with Crippen molar-refractivity contribution in [1.29, 1.82) is 0 Å². The van der Waals surface area contributed by atoms with E-state index in [0.29, 0.717) is 11.7 Å². The number of hydrogen-bond acceptors (Lipinski definition) is 5. The number of carbonyl (C=O) groups excluding carboxylic acids is 3. The number of anilines is 2. The van der Waals surface area contributed by atoms with Gasteiger partial charge in [0.1, 0.15) is 11.9 Å². The molecule has 0 radical (unpaired) electrons. The SMILES string of the molecule is CC1CCCCN1CC(=O)Nc1ccc(F)c(NC(=O)[C@H](C)NC(=O)c2ccco2)c1. The number of benzene rings is 1. The maximum atomic E-state index is 14.2. The zero-order chi connectivity index (χ0) is 22.4. The van der Waals surface area contributed by atoms with E-state index in [1.807, 2.05) is 0 Å². The monoisotopic (exact) mass is 430 g/mol. The fourth-order valence-electron chi connectivity index (χ4n) is 3.46. The molecule has 0 saturated carbocycles. The normalized spacial score (nSPS) is 17.6. The standard InChI is InChI=1S/C22H27FN4O4/c1-14-6-3-4-10-27(14)13-20(28)25-16-8-9-17(23)18(12-16)26-21(29)15(2)24-22(30)19-7-5-11-31-19/h5,7-9,11-12,14-15H,3-4,6,10,13H2,1-2H3,(H,24,30)(H,25,28)(H,26,29)/t14?,15-/m0/s1. The molecule has 3 N–H and O–H groups in total. The molecule has 3 rings (SSSR count). The Morgan fingerprint density at radius 2 is 2.03 bits per heavy atom. The zero-order valence-corrected chi connectivity index (χ0v) is 17.6. The van der Waals surface area contributed by atoms with Crippen LogP contribution >= 0.6 is 0 Å². The van der Waals surface area contributed by atoms with E-state index in [2.05, 4.69) is 27.8 Å². The fraction of sp³-hybridized carbons (Fsp3) is 0.409. The Balaban J connectivity index is 1.57. The van der Waals surface area contributed by atoms with Gasteiger partial charge in [-0.1, -0.05) is 6.42 Å². The molecule has 3 amide bonds. The maximum absolute atomic E-state index is 14.2. The Labute approximate surface area is 180 Å². The molecule has 0 spiro atoms. The summed E-state index contributed by atoms with van der Waals surface area (Å²) < 4.78 is 19.2. The Kier molecular flexibility index (Phi) is 7.41. The van der Waals surface area contributed by atoms with Gasteiger partial charge in [-0.05, 0) is 63.6 Å². The van der Waals surface area contributed by atoms with E-state index in [9.17, 15) is 18.8 Å². The van der Waals surface area contributed by atoms with Gasteiger partial charge in [0.15, 0.2) is 5.76 Å². The highest BCUT2D eigenvalue weighted by atomic mass is 19.1. The number of likely N-dealkylation sites (tertiary alicyclic amines) is 1. The number of nitrogens with one attached hydrogen (secondary N) is 3. The van der Waals surface area contributed by atoms with Crippen LogP contribution in [0, 0.1) is 5.82 Å². The molecule has 2 atom stereocenters. The third-order valence-electron chi connectivity index (χ3n) is 5.28. The van der Waals surface area contributed by atoms with E-state index in [1.165, 1.54) is 43.9 Å². The quantitative estimate of drug-likeness (QED) is 0.627. The molecule has 2 aromatic rings. The van der Waals surface area contributed by atoms with Crippen LogP contribution in [0.5, 0.6) is 0 Å². The lowest BCUT2D eigenvalue weighted by atomic mass is 10.0. The van der Waals surface area contributed by atoms with Gasteiger partial charge >= 0.3 is 0 Å². The number of rotatable bonds is 7. The summed E-state index contributed by atoms with van der Waals surface area (Å²) in [5.41, 5.74) is 0.284. The Hall–Kier alpha value is -3.20. The van der Waals surface area contributed by atoms with Crippen molar-refractivity contribution in [2.75, 3.05) is 23.7 Å². The van der Waals surface area contributed by atoms with E-state index in [4.69, 9.17) is 4.42 Å². The molecule has 1 aromatic carbocycles. The minimum atomic E-state index is -0.934. The molecule has 1 aliphatic rings. The number of halogens is 1. The first-order chi connectivity index (χ1) is 14.8. The van der Waals surface area contributed by atoms with Crippen LogP contribution in [0.3, 0.4) is 0 Å². The summed E-state index contributed by atoms with van der Waals surface area (Å²) in [6, 6.07) is 6.39. The molecule has 166 valence electrons. The maximum Gasteiger partial charge on any atom is 0.287 e. The van der Waals surface area contributed by atoms with Crippen molar-refractivity contribution in [3.05, 3.63) is 48.2 Å². The molecular weight excluding hydrogens is 403 g/mol. The third kappa shape index (κ3) is 6.14. The van der Waals surface area contributed by atoms with Gasteiger partial charge < -0.3 is 20.4 Å². The first kappa shape index (κ1) is 22.5. The van der Waals surface area contributed by atoms with Crippen LogP contribution < -0.4 is 16.0 Å². The molecule has 9 heteroatoms. The van der Waals surface area contributed by atoms with Gasteiger partial charge in [0, 0.05) is 11.7 Å². The lowest BCUT2D eigenvalue weighted by Gasteiger charge is -2.32. The van der Waals surface area contributed by atoms with Crippen LogP contribution in [0.15, 0.2) is 41.0 Å². The van der Waals surface area contributed by atoms with Gasteiger partial charge in [-0.15, -0.1) is 0 Å².